The number of carbonyl (C=O) groups excluding carboxylic acids is 2. The maximum atomic E-state index is 13.3. The maximum absolute atomic E-state index is 13.3. The number of hydrogen-bond acceptors (Lipinski definition) is 5. The van der Waals surface area contributed by atoms with Gasteiger partial charge in [-0.25, -0.2) is 14.3 Å². The molecular weight excluding hydrogens is 460 g/mol. The Labute approximate surface area is 183 Å². The van der Waals surface area contributed by atoms with Crippen LogP contribution in [0.3, 0.4) is 0 Å². The van der Waals surface area contributed by atoms with Gasteiger partial charge < -0.3 is 14.5 Å². The first-order valence-electron chi connectivity index (χ1n) is 10.1. The number of piperidine rings is 1. The van der Waals surface area contributed by atoms with E-state index < -0.39 is 30.1 Å². The molecule has 1 spiro atoms. The molecule has 0 unspecified atom stereocenters. The van der Waals surface area contributed by atoms with Gasteiger partial charge in [-0.15, -0.1) is 0 Å². The Morgan fingerprint density at radius 1 is 1.03 bits per heavy atom. The smallest absolute Gasteiger partial charge is 0.426 e. The summed E-state index contributed by atoms with van der Waals surface area (Å²) >= 11 is 0. The van der Waals surface area contributed by atoms with Crippen LogP contribution in [0.2, 0.25) is 0 Å². The van der Waals surface area contributed by atoms with Crippen molar-refractivity contribution in [3.63, 3.8) is 0 Å². The molecule has 33 heavy (non-hydrogen) atoms. The predicted molar refractivity (Wildman–Crippen MR) is 99.2 cm³/mol. The molecule has 14 heteroatoms. The van der Waals surface area contributed by atoms with Gasteiger partial charge in [-0.2, -0.15) is 31.4 Å². The van der Waals surface area contributed by atoms with E-state index in [2.05, 4.69) is 14.8 Å². The number of likely N-dealkylation sites (tertiary alicyclic amines) is 2. The normalized spacial score (nSPS) is 19.0. The zero-order valence-electron chi connectivity index (χ0n) is 17.1. The molecule has 2 aliphatic heterocycles. The lowest BCUT2D eigenvalue weighted by Gasteiger charge is -2.44. The summed E-state index contributed by atoms with van der Waals surface area (Å²) in [5.41, 5.74) is -0.00233. The van der Waals surface area contributed by atoms with Crippen LogP contribution in [0.15, 0.2) is 24.7 Å². The molecule has 2 aliphatic rings. The molecule has 4 rings (SSSR count). The summed E-state index contributed by atoms with van der Waals surface area (Å²) in [6.45, 7) is 0.147. The molecule has 8 nitrogen and oxygen atoms in total. The van der Waals surface area contributed by atoms with E-state index >= 15 is 0 Å². The summed E-state index contributed by atoms with van der Waals surface area (Å²) in [6, 6.07) is 1.66. The lowest BCUT2D eigenvalue weighted by molar-refractivity contribution is -0.308. The van der Waals surface area contributed by atoms with E-state index in [-0.39, 0.29) is 37.4 Å². The van der Waals surface area contributed by atoms with Gasteiger partial charge in [-0.1, -0.05) is 0 Å². The van der Waals surface area contributed by atoms with Crippen molar-refractivity contribution in [3.8, 4) is 0 Å². The van der Waals surface area contributed by atoms with Gasteiger partial charge in [-0.3, -0.25) is 4.79 Å². The van der Waals surface area contributed by atoms with E-state index in [9.17, 15) is 35.9 Å². The summed E-state index contributed by atoms with van der Waals surface area (Å²) < 4.78 is 81.4. The summed E-state index contributed by atoms with van der Waals surface area (Å²) in [5.74, 6) is -0.313. The monoisotopic (exact) mass is 479 g/mol. The third-order valence-electron chi connectivity index (χ3n) is 6.12. The minimum Gasteiger partial charge on any atom is -0.426 e. The van der Waals surface area contributed by atoms with Gasteiger partial charge >= 0.3 is 18.4 Å². The molecule has 2 aromatic rings. The van der Waals surface area contributed by atoms with Gasteiger partial charge in [0, 0.05) is 37.6 Å². The van der Waals surface area contributed by atoms with Crippen LogP contribution in [-0.4, -0.2) is 80.0 Å². The number of rotatable bonds is 2. The highest BCUT2D eigenvalue weighted by Crippen LogP contribution is 2.41. The van der Waals surface area contributed by atoms with Crippen molar-refractivity contribution in [1.82, 2.24) is 24.4 Å². The highest BCUT2D eigenvalue weighted by atomic mass is 19.4. The van der Waals surface area contributed by atoms with Crippen molar-refractivity contribution in [2.24, 2.45) is 0 Å². The quantitative estimate of drug-likeness (QED) is 0.617. The molecular formula is C19H19F6N5O3. The minimum absolute atomic E-state index is 0.141. The molecule has 0 N–H and O–H groups in total. The van der Waals surface area contributed by atoms with Gasteiger partial charge in [-0.05, 0) is 31.7 Å². The number of hydrogen-bond donors (Lipinski definition) is 0. The standard InChI is InChI=1S/C19H19F6N5O3/c20-18(21,22)15(19(23,24)25)33-16(32)28-9-4-17(5-10-28)3-1-7-29(17)14(31)12-11-27-30-8-2-6-26-13(12)30/h2,6,8,11,15H,1,3-5,7,9-10H2. The first-order valence-corrected chi connectivity index (χ1v) is 10.1. The molecule has 180 valence electrons. The van der Waals surface area contributed by atoms with E-state index in [0.717, 1.165) is 4.90 Å². The molecule has 0 saturated carbocycles. The molecule has 2 fully saturated rings. The van der Waals surface area contributed by atoms with Gasteiger partial charge in [0.15, 0.2) is 5.65 Å². The number of ether oxygens (including phenoxy) is 1. The summed E-state index contributed by atoms with van der Waals surface area (Å²) in [7, 11) is 0. The average molecular weight is 479 g/mol. The second-order valence-corrected chi connectivity index (χ2v) is 8.06. The number of halogens is 6. The first kappa shape index (κ1) is 23.1. The third-order valence-corrected chi connectivity index (χ3v) is 6.12. The van der Waals surface area contributed by atoms with E-state index in [1.807, 2.05) is 0 Å². The van der Waals surface area contributed by atoms with E-state index in [1.54, 1.807) is 17.2 Å². The van der Waals surface area contributed by atoms with E-state index in [0.29, 0.717) is 25.0 Å². The Bertz CT molecular complexity index is 1030. The fourth-order valence-corrected chi connectivity index (χ4v) is 4.50. The number of fused-ring (bicyclic) bond motifs is 1. The zero-order valence-corrected chi connectivity index (χ0v) is 17.1. The van der Waals surface area contributed by atoms with Crippen molar-refractivity contribution < 1.29 is 40.7 Å². The lowest BCUT2D eigenvalue weighted by Crippen LogP contribution is -2.56. The van der Waals surface area contributed by atoms with Crippen molar-refractivity contribution in [2.75, 3.05) is 19.6 Å². The van der Waals surface area contributed by atoms with Gasteiger partial charge in [0.05, 0.1) is 6.20 Å². The van der Waals surface area contributed by atoms with E-state index in [1.165, 1.54) is 16.9 Å². The Balaban J connectivity index is 1.45. The van der Waals surface area contributed by atoms with Crippen LogP contribution in [0.1, 0.15) is 36.0 Å². The Morgan fingerprint density at radius 3 is 2.33 bits per heavy atom. The molecule has 0 radical (unpaired) electrons. The third kappa shape index (κ3) is 4.29. The maximum Gasteiger partial charge on any atom is 0.434 e. The fourth-order valence-electron chi connectivity index (χ4n) is 4.50. The number of nitrogens with zero attached hydrogens (tertiary/aromatic N) is 5. The van der Waals surface area contributed by atoms with Crippen molar-refractivity contribution in [2.45, 2.75) is 49.7 Å². The van der Waals surface area contributed by atoms with E-state index in [4.69, 9.17) is 0 Å². The summed E-state index contributed by atoms with van der Waals surface area (Å²) in [6.07, 6.45) is -11.2. The predicted octanol–water partition coefficient (Wildman–Crippen LogP) is 3.43. The molecule has 4 heterocycles. The van der Waals surface area contributed by atoms with Crippen LogP contribution in [0.25, 0.3) is 5.65 Å². The van der Waals surface area contributed by atoms with Crippen LogP contribution in [0.4, 0.5) is 31.1 Å². The minimum atomic E-state index is -5.78. The molecule has 0 aromatic carbocycles. The SMILES string of the molecule is O=C(OC(C(F)(F)F)C(F)(F)F)N1CCC2(CCCN2C(=O)c2cnn3cccnc23)CC1. The highest BCUT2D eigenvalue weighted by molar-refractivity contribution is 6.00. The Morgan fingerprint density at radius 2 is 1.70 bits per heavy atom. The van der Waals surface area contributed by atoms with Gasteiger partial charge in [0.2, 0.25) is 0 Å². The van der Waals surface area contributed by atoms with Crippen LogP contribution in [0, 0.1) is 0 Å². The second kappa shape index (κ2) is 8.06. The topological polar surface area (TPSA) is 80.0 Å². The highest BCUT2D eigenvalue weighted by Gasteiger charge is 2.60. The fraction of sp³-hybridized carbons (Fsp3) is 0.579. The van der Waals surface area contributed by atoms with Crippen molar-refractivity contribution in [1.29, 1.82) is 0 Å². The van der Waals surface area contributed by atoms with Crippen LogP contribution >= 0.6 is 0 Å². The Kier molecular flexibility index (Phi) is 5.65. The molecule has 2 amide bonds. The second-order valence-electron chi connectivity index (χ2n) is 8.06. The van der Waals surface area contributed by atoms with Crippen LogP contribution in [-0.2, 0) is 4.74 Å². The van der Waals surface area contributed by atoms with Gasteiger partial charge in [0.1, 0.15) is 5.56 Å². The molecule has 2 saturated heterocycles. The largest absolute Gasteiger partial charge is 0.434 e. The van der Waals surface area contributed by atoms with Crippen molar-refractivity contribution in [3.05, 3.63) is 30.2 Å². The lowest BCUT2D eigenvalue weighted by atomic mass is 9.84. The van der Waals surface area contributed by atoms with Crippen LogP contribution < -0.4 is 0 Å². The summed E-state index contributed by atoms with van der Waals surface area (Å²) in [5, 5.41) is 4.10. The molecule has 0 atom stereocenters. The Hall–Kier alpha value is -3.06. The molecule has 0 aliphatic carbocycles. The van der Waals surface area contributed by atoms with Crippen molar-refractivity contribution >= 4 is 17.6 Å². The van der Waals surface area contributed by atoms with Crippen LogP contribution in [0.5, 0.6) is 0 Å². The molecule has 0 bridgehead atoms. The van der Waals surface area contributed by atoms with Gasteiger partial charge in [0.25, 0.3) is 12.0 Å². The molecule has 2 aromatic heterocycles. The average Bonchev–Trinajstić information content (AvgIpc) is 3.35. The first-order chi connectivity index (χ1) is 15.4. The number of amides is 2. The number of carbonyl (C=O) groups is 2. The summed E-state index contributed by atoms with van der Waals surface area (Å²) in [4.78, 5) is 31.9. The zero-order chi connectivity index (χ0) is 24.0. The number of alkyl halides is 6. The number of aromatic nitrogens is 3.